The molecule has 0 saturated heterocycles. The Hall–Kier alpha value is -2.32. The molecule has 2 aromatic carbocycles. The van der Waals surface area contributed by atoms with Crippen molar-refractivity contribution in [1.29, 1.82) is 5.26 Å². The monoisotopic (exact) mass is 273 g/mol. The predicted octanol–water partition coefficient (Wildman–Crippen LogP) is 2.75. The van der Waals surface area contributed by atoms with Crippen molar-refractivity contribution in [2.75, 3.05) is 6.26 Å². The van der Waals surface area contributed by atoms with Gasteiger partial charge in [-0.2, -0.15) is 5.26 Å². The van der Waals surface area contributed by atoms with Gasteiger partial charge < -0.3 is 4.74 Å². The fourth-order valence-corrected chi connectivity index (χ4v) is 2.12. The van der Waals surface area contributed by atoms with Crippen molar-refractivity contribution in [2.45, 2.75) is 4.90 Å². The molecule has 2 rings (SSSR count). The van der Waals surface area contributed by atoms with Gasteiger partial charge in [-0.25, -0.2) is 8.42 Å². The molecule has 0 aliphatic heterocycles. The number of ether oxygens (including phenoxy) is 1. The van der Waals surface area contributed by atoms with Gasteiger partial charge in [-0.15, -0.1) is 0 Å². The Morgan fingerprint density at radius 2 is 1.42 bits per heavy atom. The van der Waals surface area contributed by atoms with Gasteiger partial charge in [-0.1, -0.05) is 0 Å². The molecule has 0 saturated carbocycles. The molecule has 0 amide bonds. The summed E-state index contributed by atoms with van der Waals surface area (Å²) >= 11 is 0. The van der Waals surface area contributed by atoms with Gasteiger partial charge in [-0.3, -0.25) is 0 Å². The first-order valence-corrected chi connectivity index (χ1v) is 7.36. The second-order valence-electron chi connectivity index (χ2n) is 3.98. The zero-order valence-electron chi connectivity index (χ0n) is 10.2. The van der Waals surface area contributed by atoms with Gasteiger partial charge in [0.15, 0.2) is 9.84 Å². The van der Waals surface area contributed by atoms with E-state index in [0.717, 1.165) is 6.26 Å². The van der Waals surface area contributed by atoms with Crippen LogP contribution in [0, 0.1) is 11.3 Å². The van der Waals surface area contributed by atoms with E-state index in [1.807, 2.05) is 6.07 Å². The molecule has 96 valence electrons. The molecule has 0 N–H and O–H groups in total. The number of rotatable bonds is 3. The van der Waals surface area contributed by atoms with E-state index < -0.39 is 9.84 Å². The number of sulfone groups is 1. The van der Waals surface area contributed by atoms with Crippen LogP contribution in [0.5, 0.6) is 11.5 Å². The van der Waals surface area contributed by atoms with Crippen LogP contribution in [0.25, 0.3) is 0 Å². The molecule has 0 heterocycles. The van der Waals surface area contributed by atoms with Crippen LogP contribution in [0.3, 0.4) is 0 Å². The Labute approximate surface area is 111 Å². The van der Waals surface area contributed by atoms with Gasteiger partial charge in [0.1, 0.15) is 11.5 Å². The maximum Gasteiger partial charge on any atom is 0.175 e. The molecular formula is C14H11NO3S. The zero-order chi connectivity index (χ0) is 13.9. The van der Waals surface area contributed by atoms with E-state index in [-0.39, 0.29) is 4.90 Å². The van der Waals surface area contributed by atoms with Crippen molar-refractivity contribution in [3.63, 3.8) is 0 Å². The Balaban J connectivity index is 2.17. The molecule has 5 heteroatoms. The lowest BCUT2D eigenvalue weighted by molar-refractivity contribution is 0.482. The van der Waals surface area contributed by atoms with E-state index in [1.165, 1.54) is 12.1 Å². The molecule has 0 bridgehead atoms. The SMILES string of the molecule is CS(=O)(=O)c1ccc(Oc2ccc(C#N)cc2)cc1. The van der Waals surface area contributed by atoms with Crippen molar-refractivity contribution >= 4 is 9.84 Å². The number of benzene rings is 2. The summed E-state index contributed by atoms with van der Waals surface area (Å²) in [7, 11) is -3.19. The predicted molar refractivity (Wildman–Crippen MR) is 70.8 cm³/mol. The standard InChI is InChI=1S/C14H11NO3S/c1-19(16,17)14-8-6-13(7-9-14)18-12-4-2-11(10-15)3-5-12/h2-9H,1H3. The Morgan fingerprint density at radius 1 is 0.947 bits per heavy atom. The highest BCUT2D eigenvalue weighted by atomic mass is 32.2. The highest BCUT2D eigenvalue weighted by Crippen LogP contribution is 2.23. The fraction of sp³-hybridized carbons (Fsp3) is 0.0714. The fourth-order valence-electron chi connectivity index (χ4n) is 1.49. The minimum Gasteiger partial charge on any atom is -0.457 e. The summed E-state index contributed by atoms with van der Waals surface area (Å²) in [5, 5.41) is 8.68. The lowest BCUT2D eigenvalue weighted by atomic mass is 10.2. The summed E-state index contributed by atoms with van der Waals surface area (Å²) in [6.45, 7) is 0. The summed E-state index contributed by atoms with van der Waals surface area (Å²) in [5.41, 5.74) is 0.555. The van der Waals surface area contributed by atoms with Crippen LogP contribution in [0.4, 0.5) is 0 Å². The van der Waals surface area contributed by atoms with Crippen LogP contribution in [-0.2, 0) is 9.84 Å². The molecule has 0 atom stereocenters. The highest BCUT2D eigenvalue weighted by Gasteiger charge is 2.06. The molecule has 0 aromatic heterocycles. The maximum atomic E-state index is 11.3. The first-order valence-electron chi connectivity index (χ1n) is 5.47. The largest absolute Gasteiger partial charge is 0.457 e. The summed E-state index contributed by atoms with van der Waals surface area (Å²) in [4.78, 5) is 0.250. The first kappa shape index (κ1) is 13.1. The third-order valence-corrected chi connectivity index (χ3v) is 3.60. The molecule has 0 unspecified atom stereocenters. The third-order valence-electron chi connectivity index (χ3n) is 2.47. The van der Waals surface area contributed by atoms with Crippen LogP contribution in [-0.4, -0.2) is 14.7 Å². The van der Waals surface area contributed by atoms with E-state index in [9.17, 15) is 8.42 Å². The van der Waals surface area contributed by atoms with Crippen LogP contribution in [0.2, 0.25) is 0 Å². The smallest absolute Gasteiger partial charge is 0.175 e. The van der Waals surface area contributed by atoms with Crippen LogP contribution < -0.4 is 4.74 Å². The van der Waals surface area contributed by atoms with Crippen molar-refractivity contribution in [3.8, 4) is 17.6 Å². The summed E-state index contributed by atoms with van der Waals surface area (Å²) in [6, 6.07) is 14.9. The normalized spacial score (nSPS) is 10.7. The second-order valence-corrected chi connectivity index (χ2v) is 6.00. The molecule has 0 spiro atoms. The maximum absolute atomic E-state index is 11.3. The minimum absolute atomic E-state index is 0.250. The zero-order valence-corrected chi connectivity index (χ0v) is 11.0. The number of nitrogens with zero attached hydrogens (tertiary/aromatic N) is 1. The van der Waals surface area contributed by atoms with Gasteiger partial charge in [0.2, 0.25) is 0 Å². The van der Waals surface area contributed by atoms with Gasteiger partial charge in [-0.05, 0) is 48.5 Å². The molecule has 2 aromatic rings. The van der Waals surface area contributed by atoms with E-state index in [4.69, 9.17) is 10.00 Å². The van der Waals surface area contributed by atoms with Crippen LogP contribution in [0.1, 0.15) is 5.56 Å². The van der Waals surface area contributed by atoms with E-state index >= 15 is 0 Å². The van der Waals surface area contributed by atoms with Crippen molar-refractivity contribution in [2.24, 2.45) is 0 Å². The van der Waals surface area contributed by atoms with Gasteiger partial charge >= 0.3 is 0 Å². The molecular weight excluding hydrogens is 262 g/mol. The Kier molecular flexibility index (Phi) is 3.54. The average Bonchev–Trinajstić information content (AvgIpc) is 2.39. The quantitative estimate of drug-likeness (QED) is 0.862. The molecule has 19 heavy (non-hydrogen) atoms. The number of hydrogen-bond acceptors (Lipinski definition) is 4. The van der Waals surface area contributed by atoms with Crippen LogP contribution in [0.15, 0.2) is 53.4 Å². The molecule has 0 aliphatic rings. The second kappa shape index (κ2) is 5.12. The van der Waals surface area contributed by atoms with Gasteiger partial charge in [0.25, 0.3) is 0 Å². The van der Waals surface area contributed by atoms with Crippen molar-refractivity contribution in [3.05, 3.63) is 54.1 Å². The minimum atomic E-state index is -3.19. The van der Waals surface area contributed by atoms with Crippen molar-refractivity contribution in [1.82, 2.24) is 0 Å². The number of hydrogen-bond donors (Lipinski definition) is 0. The Bertz CT molecular complexity index is 711. The summed E-state index contributed by atoms with van der Waals surface area (Å²) < 4.78 is 28.1. The molecule has 4 nitrogen and oxygen atoms in total. The number of nitriles is 1. The topological polar surface area (TPSA) is 67.2 Å². The lowest BCUT2D eigenvalue weighted by Crippen LogP contribution is -1.96. The van der Waals surface area contributed by atoms with Crippen LogP contribution >= 0.6 is 0 Å². The van der Waals surface area contributed by atoms with Gasteiger partial charge in [0.05, 0.1) is 16.5 Å². The van der Waals surface area contributed by atoms with Gasteiger partial charge in [0, 0.05) is 6.26 Å². The molecule has 0 aliphatic carbocycles. The molecule has 0 fully saturated rings. The lowest BCUT2D eigenvalue weighted by Gasteiger charge is -2.06. The average molecular weight is 273 g/mol. The third kappa shape index (κ3) is 3.33. The highest BCUT2D eigenvalue weighted by molar-refractivity contribution is 7.90. The first-order chi connectivity index (χ1) is 8.99. The van der Waals surface area contributed by atoms with Crippen molar-refractivity contribution < 1.29 is 13.2 Å². The molecule has 0 radical (unpaired) electrons. The van der Waals surface area contributed by atoms with E-state index in [1.54, 1.807) is 36.4 Å². The summed E-state index contributed by atoms with van der Waals surface area (Å²) in [5.74, 6) is 1.13. The van der Waals surface area contributed by atoms with E-state index in [2.05, 4.69) is 0 Å². The Morgan fingerprint density at radius 3 is 1.84 bits per heavy atom. The summed E-state index contributed by atoms with van der Waals surface area (Å²) in [6.07, 6.45) is 1.16. The van der Waals surface area contributed by atoms with E-state index in [0.29, 0.717) is 17.1 Å².